The summed E-state index contributed by atoms with van der Waals surface area (Å²) in [7, 11) is 1.49. The Morgan fingerprint density at radius 3 is 2.68 bits per heavy atom. The number of amides is 1. The Morgan fingerprint density at radius 1 is 1.18 bits per heavy atom. The minimum absolute atomic E-state index is 0.264. The molecule has 0 radical (unpaired) electrons. The van der Waals surface area contributed by atoms with Gasteiger partial charge in [0.1, 0.15) is 5.56 Å². The molecule has 0 spiro atoms. The lowest BCUT2D eigenvalue weighted by Gasteiger charge is -2.09. The topological polar surface area (TPSA) is 69.0 Å². The van der Waals surface area contributed by atoms with Crippen LogP contribution in [0.25, 0.3) is 5.69 Å². The number of aromatic nitrogens is 3. The van der Waals surface area contributed by atoms with Gasteiger partial charge in [0.15, 0.2) is 0 Å². The molecule has 0 aliphatic rings. The van der Waals surface area contributed by atoms with E-state index in [1.807, 2.05) is 35.0 Å². The van der Waals surface area contributed by atoms with E-state index < -0.39 is 0 Å². The summed E-state index contributed by atoms with van der Waals surface area (Å²) in [5.74, 6) is 0.0374. The van der Waals surface area contributed by atoms with Crippen molar-refractivity contribution in [3.63, 3.8) is 0 Å². The van der Waals surface area contributed by atoms with Gasteiger partial charge < -0.3 is 14.6 Å². The van der Waals surface area contributed by atoms with Crippen molar-refractivity contribution in [2.45, 2.75) is 0 Å². The second-order valence-corrected chi connectivity index (χ2v) is 4.53. The third-order valence-electron chi connectivity index (χ3n) is 3.14. The van der Waals surface area contributed by atoms with Crippen LogP contribution in [-0.2, 0) is 0 Å². The normalized spacial score (nSPS) is 10.2. The molecule has 110 valence electrons. The largest absolute Gasteiger partial charge is 0.480 e. The average Bonchev–Trinajstić information content (AvgIpc) is 3.10. The number of hydrogen-bond donors (Lipinski definition) is 1. The van der Waals surface area contributed by atoms with Gasteiger partial charge in [0.05, 0.1) is 13.4 Å². The quantitative estimate of drug-likeness (QED) is 0.802. The molecule has 0 aliphatic carbocycles. The number of nitrogens with one attached hydrogen (secondary N) is 1. The van der Waals surface area contributed by atoms with Gasteiger partial charge in [-0.1, -0.05) is 0 Å². The maximum absolute atomic E-state index is 12.3. The van der Waals surface area contributed by atoms with Crippen LogP contribution in [0.2, 0.25) is 0 Å². The summed E-state index contributed by atoms with van der Waals surface area (Å²) in [5, 5.41) is 2.82. The number of rotatable bonds is 4. The van der Waals surface area contributed by atoms with Crippen molar-refractivity contribution < 1.29 is 9.53 Å². The maximum atomic E-state index is 12.3. The number of carbonyl (C=O) groups excluding carboxylic acids is 1. The van der Waals surface area contributed by atoms with E-state index in [2.05, 4.69) is 15.3 Å². The van der Waals surface area contributed by atoms with E-state index in [9.17, 15) is 4.79 Å². The highest BCUT2D eigenvalue weighted by molar-refractivity contribution is 6.05. The number of anilines is 1. The summed E-state index contributed by atoms with van der Waals surface area (Å²) in [6.07, 6.45) is 6.86. The first-order chi connectivity index (χ1) is 10.8. The van der Waals surface area contributed by atoms with Crippen LogP contribution < -0.4 is 10.1 Å². The summed E-state index contributed by atoms with van der Waals surface area (Å²) in [6.45, 7) is 0. The van der Waals surface area contributed by atoms with Crippen molar-refractivity contribution in [2.75, 3.05) is 12.4 Å². The van der Waals surface area contributed by atoms with Crippen molar-refractivity contribution in [3.8, 4) is 11.6 Å². The molecule has 0 unspecified atom stereocenters. The number of pyridine rings is 1. The van der Waals surface area contributed by atoms with E-state index in [1.165, 1.54) is 7.11 Å². The molecule has 22 heavy (non-hydrogen) atoms. The summed E-state index contributed by atoms with van der Waals surface area (Å²) >= 11 is 0. The Balaban J connectivity index is 1.77. The zero-order valence-corrected chi connectivity index (χ0v) is 11.9. The molecule has 1 aromatic carbocycles. The van der Waals surface area contributed by atoms with Gasteiger partial charge in [-0.15, -0.1) is 0 Å². The van der Waals surface area contributed by atoms with Crippen LogP contribution in [0.1, 0.15) is 10.4 Å². The summed E-state index contributed by atoms with van der Waals surface area (Å²) in [5.41, 5.74) is 2.05. The Labute approximate surface area is 127 Å². The first-order valence-electron chi connectivity index (χ1n) is 6.66. The number of nitrogens with zero attached hydrogens (tertiary/aromatic N) is 3. The second-order valence-electron chi connectivity index (χ2n) is 4.53. The highest BCUT2D eigenvalue weighted by atomic mass is 16.5. The smallest absolute Gasteiger partial charge is 0.261 e. The van der Waals surface area contributed by atoms with Gasteiger partial charge in [-0.25, -0.2) is 9.97 Å². The monoisotopic (exact) mass is 294 g/mol. The standard InChI is InChI=1S/C16H14N4O2/c1-22-16-14(3-2-8-18-16)15(21)19-12-4-6-13(7-5-12)20-10-9-17-11-20/h2-11H,1H3,(H,19,21). The highest BCUT2D eigenvalue weighted by Gasteiger charge is 2.12. The Morgan fingerprint density at radius 2 is 2.00 bits per heavy atom. The molecule has 1 N–H and O–H groups in total. The fourth-order valence-electron chi connectivity index (χ4n) is 2.05. The van der Waals surface area contributed by atoms with Crippen molar-refractivity contribution in [1.82, 2.24) is 14.5 Å². The summed E-state index contributed by atoms with van der Waals surface area (Å²) in [6, 6.07) is 10.8. The lowest BCUT2D eigenvalue weighted by molar-refractivity contribution is 0.102. The molecule has 2 aromatic heterocycles. The molecular formula is C16H14N4O2. The third-order valence-corrected chi connectivity index (χ3v) is 3.14. The number of methoxy groups -OCH3 is 1. The molecule has 0 fully saturated rings. The minimum atomic E-state index is -0.264. The van der Waals surface area contributed by atoms with Crippen LogP contribution in [0.4, 0.5) is 5.69 Å². The molecule has 6 heteroatoms. The van der Waals surface area contributed by atoms with Crippen molar-refractivity contribution in [3.05, 3.63) is 66.9 Å². The number of benzene rings is 1. The third kappa shape index (κ3) is 2.80. The fraction of sp³-hybridized carbons (Fsp3) is 0.0625. The Kier molecular flexibility index (Phi) is 3.82. The molecule has 1 amide bonds. The lowest BCUT2D eigenvalue weighted by Crippen LogP contribution is -2.13. The van der Waals surface area contributed by atoms with Gasteiger partial charge in [0, 0.05) is 30.0 Å². The first kappa shape index (κ1) is 13.8. The Bertz CT molecular complexity index is 767. The average molecular weight is 294 g/mol. The number of carbonyl (C=O) groups is 1. The Hall–Kier alpha value is -3.15. The molecule has 2 heterocycles. The fourth-order valence-corrected chi connectivity index (χ4v) is 2.05. The van der Waals surface area contributed by atoms with Gasteiger partial charge >= 0.3 is 0 Å². The van der Waals surface area contributed by atoms with E-state index in [1.54, 1.807) is 30.9 Å². The molecule has 0 saturated carbocycles. The van der Waals surface area contributed by atoms with E-state index in [4.69, 9.17) is 4.74 Å². The van der Waals surface area contributed by atoms with Gasteiger partial charge in [-0.05, 0) is 36.4 Å². The van der Waals surface area contributed by atoms with Crippen LogP contribution in [0.5, 0.6) is 5.88 Å². The maximum Gasteiger partial charge on any atom is 0.261 e. The number of imidazole rings is 1. The molecule has 0 saturated heterocycles. The van der Waals surface area contributed by atoms with Gasteiger partial charge in [0.25, 0.3) is 5.91 Å². The molecular weight excluding hydrogens is 280 g/mol. The number of hydrogen-bond acceptors (Lipinski definition) is 4. The van der Waals surface area contributed by atoms with Crippen LogP contribution in [-0.4, -0.2) is 27.6 Å². The zero-order chi connectivity index (χ0) is 15.4. The van der Waals surface area contributed by atoms with Crippen LogP contribution in [0.15, 0.2) is 61.3 Å². The van der Waals surface area contributed by atoms with Crippen LogP contribution in [0, 0.1) is 0 Å². The predicted octanol–water partition coefficient (Wildman–Crippen LogP) is 2.53. The van der Waals surface area contributed by atoms with Gasteiger partial charge in [0.2, 0.25) is 5.88 Å². The summed E-state index contributed by atoms with van der Waals surface area (Å²) < 4.78 is 6.97. The second kappa shape index (κ2) is 6.09. The van der Waals surface area contributed by atoms with E-state index in [-0.39, 0.29) is 5.91 Å². The molecule has 0 bridgehead atoms. The summed E-state index contributed by atoms with van der Waals surface area (Å²) in [4.78, 5) is 20.3. The van der Waals surface area contributed by atoms with Crippen molar-refractivity contribution in [1.29, 1.82) is 0 Å². The van der Waals surface area contributed by atoms with E-state index >= 15 is 0 Å². The predicted molar refractivity (Wildman–Crippen MR) is 82.3 cm³/mol. The number of ether oxygens (including phenoxy) is 1. The van der Waals surface area contributed by atoms with Crippen molar-refractivity contribution >= 4 is 11.6 Å². The molecule has 6 nitrogen and oxygen atoms in total. The highest BCUT2D eigenvalue weighted by Crippen LogP contribution is 2.17. The molecule has 0 atom stereocenters. The van der Waals surface area contributed by atoms with Crippen LogP contribution in [0.3, 0.4) is 0 Å². The van der Waals surface area contributed by atoms with Crippen molar-refractivity contribution in [2.24, 2.45) is 0 Å². The first-order valence-corrected chi connectivity index (χ1v) is 6.66. The zero-order valence-electron chi connectivity index (χ0n) is 11.9. The molecule has 3 rings (SSSR count). The molecule has 3 aromatic rings. The van der Waals surface area contributed by atoms with Crippen LogP contribution >= 0.6 is 0 Å². The van der Waals surface area contributed by atoms with Gasteiger partial charge in [-0.2, -0.15) is 0 Å². The minimum Gasteiger partial charge on any atom is -0.480 e. The van der Waals surface area contributed by atoms with Gasteiger partial charge in [-0.3, -0.25) is 4.79 Å². The lowest BCUT2D eigenvalue weighted by atomic mass is 10.2. The SMILES string of the molecule is COc1ncccc1C(=O)Nc1ccc(-n2ccnc2)cc1. The van der Waals surface area contributed by atoms with E-state index in [0.29, 0.717) is 17.1 Å². The molecule has 0 aliphatic heterocycles. The van der Waals surface area contributed by atoms with E-state index in [0.717, 1.165) is 5.69 Å².